The number of nitrogens with two attached hydrogens (primary N) is 1. The summed E-state index contributed by atoms with van der Waals surface area (Å²) in [5.74, 6) is 1.35. The van der Waals surface area contributed by atoms with Gasteiger partial charge in [-0.1, -0.05) is 13.8 Å². The van der Waals surface area contributed by atoms with Crippen LogP contribution in [0.2, 0.25) is 0 Å². The lowest BCUT2D eigenvalue weighted by atomic mass is 10.0. The second kappa shape index (κ2) is 4.82. The molecule has 0 amide bonds. The Morgan fingerprint density at radius 1 is 1.53 bits per heavy atom. The van der Waals surface area contributed by atoms with Gasteiger partial charge in [-0.2, -0.15) is 5.10 Å². The van der Waals surface area contributed by atoms with Crippen LogP contribution in [0.4, 0.5) is 5.82 Å². The molecule has 0 radical (unpaired) electrons. The van der Waals surface area contributed by atoms with Crippen molar-refractivity contribution in [2.75, 3.05) is 5.73 Å². The maximum Gasteiger partial charge on any atom is 0.125 e. The van der Waals surface area contributed by atoms with Gasteiger partial charge in [0.15, 0.2) is 0 Å². The lowest BCUT2D eigenvalue weighted by molar-refractivity contribution is 0.648. The van der Waals surface area contributed by atoms with Crippen LogP contribution in [0.15, 0.2) is 15.2 Å². The molecule has 5 heteroatoms. The van der Waals surface area contributed by atoms with E-state index in [1.54, 1.807) is 16.0 Å². The topological polar surface area (TPSA) is 43.8 Å². The van der Waals surface area contributed by atoms with Gasteiger partial charge in [-0.3, -0.25) is 4.68 Å². The van der Waals surface area contributed by atoms with E-state index in [-0.39, 0.29) is 0 Å². The number of hydrogen-bond donors (Lipinski definition) is 1. The first-order chi connectivity index (χ1) is 7.99. The third-order valence-corrected chi connectivity index (χ3v) is 4.15. The number of nitrogens with zero attached hydrogens (tertiary/aromatic N) is 2. The van der Waals surface area contributed by atoms with Gasteiger partial charge in [-0.05, 0) is 34.3 Å². The van der Waals surface area contributed by atoms with Crippen LogP contribution < -0.4 is 5.73 Å². The van der Waals surface area contributed by atoms with E-state index in [1.165, 1.54) is 0 Å². The summed E-state index contributed by atoms with van der Waals surface area (Å²) in [4.78, 5) is 0. The minimum absolute atomic E-state index is 0.572. The molecule has 3 nitrogen and oxygen atoms in total. The van der Waals surface area contributed by atoms with Crippen LogP contribution in [-0.2, 0) is 13.5 Å². The first-order valence-corrected chi connectivity index (χ1v) is 7.22. The maximum absolute atomic E-state index is 6.09. The van der Waals surface area contributed by atoms with Gasteiger partial charge in [-0.25, -0.2) is 0 Å². The van der Waals surface area contributed by atoms with Gasteiger partial charge >= 0.3 is 0 Å². The Bertz CT molecular complexity index is 528. The largest absolute Gasteiger partial charge is 0.384 e. The standard InChI is InChI=1S/C12H16BrN3S/c1-7(2)4-9-11(15-16(3)12(9)14)8-5-10(13)17-6-8/h5-7H,4,14H2,1-3H3. The van der Waals surface area contributed by atoms with Crippen LogP contribution in [0.1, 0.15) is 19.4 Å². The first-order valence-electron chi connectivity index (χ1n) is 5.54. The molecule has 17 heavy (non-hydrogen) atoms. The third-order valence-electron chi connectivity index (χ3n) is 2.65. The zero-order chi connectivity index (χ0) is 12.6. The Morgan fingerprint density at radius 2 is 2.24 bits per heavy atom. The average Bonchev–Trinajstić information content (AvgIpc) is 2.77. The fraction of sp³-hybridized carbons (Fsp3) is 0.417. The van der Waals surface area contributed by atoms with E-state index in [9.17, 15) is 0 Å². The molecular formula is C12H16BrN3S. The number of nitrogen functional groups attached to an aromatic ring is 1. The molecule has 2 aromatic rings. The number of hydrogen-bond acceptors (Lipinski definition) is 3. The van der Waals surface area contributed by atoms with E-state index < -0.39 is 0 Å². The normalized spacial score (nSPS) is 11.4. The summed E-state index contributed by atoms with van der Waals surface area (Å²) in [6, 6.07) is 2.09. The third kappa shape index (κ3) is 2.55. The van der Waals surface area contributed by atoms with Crippen LogP contribution in [0.3, 0.4) is 0 Å². The highest BCUT2D eigenvalue weighted by Gasteiger charge is 2.17. The summed E-state index contributed by atoms with van der Waals surface area (Å²) in [6.07, 6.45) is 0.961. The van der Waals surface area contributed by atoms with Crippen molar-refractivity contribution in [1.29, 1.82) is 0 Å². The molecular weight excluding hydrogens is 298 g/mol. The zero-order valence-corrected chi connectivity index (χ0v) is 12.6. The molecule has 2 heterocycles. The summed E-state index contributed by atoms with van der Waals surface area (Å²) in [6.45, 7) is 4.39. The van der Waals surface area contributed by atoms with Gasteiger partial charge in [-0.15, -0.1) is 11.3 Å². The van der Waals surface area contributed by atoms with Crippen molar-refractivity contribution in [2.24, 2.45) is 13.0 Å². The quantitative estimate of drug-likeness (QED) is 0.939. The molecule has 0 aliphatic carbocycles. The van der Waals surface area contributed by atoms with Gasteiger partial charge in [0.2, 0.25) is 0 Å². The molecule has 2 rings (SSSR count). The van der Waals surface area contributed by atoms with Crippen molar-refractivity contribution in [1.82, 2.24) is 9.78 Å². The number of thiophene rings is 1. The monoisotopic (exact) mass is 313 g/mol. The lowest BCUT2D eigenvalue weighted by Gasteiger charge is -2.05. The number of halogens is 1. The Hall–Kier alpha value is -0.810. The van der Waals surface area contributed by atoms with Gasteiger partial charge in [0.1, 0.15) is 5.82 Å². The van der Waals surface area contributed by atoms with Gasteiger partial charge in [0, 0.05) is 23.6 Å². The van der Waals surface area contributed by atoms with Crippen molar-refractivity contribution in [3.8, 4) is 11.3 Å². The molecule has 2 N–H and O–H groups in total. The number of rotatable bonds is 3. The van der Waals surface area contributed by atoms with E-state index in [4.69, 9.17) is 5.73 Å². The molecule has 0 aromatic carbocycles. The predicted molar refractivity (Wildman–Crippen MR) is 77.2 cm³/mol. The highest BCUT2D eigenvalue weighted by molar-refractivity contribution is 9.11. The van der Waals surface area contributed by atoms with Crippen LogP contribution in [-0.4, -0.2) is 9.78 Å². The Morgan fingerprint density at radius 3 is 2.76 bits per heavy atom. The van der Waals surface area contributed by atoms with Gasteiger partial charge < -0.3 is 5.73 Å². The molecule has 92 valence electrons. The second-order valence-corrected chi connectivity index (χ2v) is 6.86. The molecule has 0 aliphatic heterocycles. The molecule has 0 bridgehead atoms. The smallest absolute Gasteiger partial charge is 0.125 e. The lowest BCUT2D eigenvalue weighted by Crippen LogP contribution is -2.01. The fourth-order valence-electron chi connectivity index (χ4n) is 1.86. The molecule has 0 aliphatic rings. The molecule has 0 unspecified atom stereocenters. The summed E-state index contributed by atoms with van der Waals surface area (Å²) < 4.78 is 2.88. The fourth-order valence-corrected chi connectivity index (χ4v) is 3.00. The number of anilines is 1. The highest BCUT2D eigenvalue weighted by Crippen LogP contribution is 2.33. The van der Waals surface area contributed by atoms with E-state index in [0.717, 1.165) is 32.8 Å². The van der Waals surface area contributed by atoms with E-state index in [0.29, 0.717) is 5.92 Å². The van der Waals surface area contributed by atoms with Crippen molar-refractivity contribution >= 4 is 33.1 Å². The van der Waals surface area contributed by atoms with E-state index >= 15 is 0 Å². The predicted octanol–water partition coefficient (Wildman–Crippen LogP) is 3.69. The molecule has 0 atom stereocenters. The first kappa shape index (κ1) is 12.6. The van der Waals surface area contributed by atoms with Crippen LogP contribution in [0, 0.1) is 5.92 Å². The average molecular weight is 314 g/mol. The molecule has 0 spiro atoms. The summed E-state index contributed by atoms with van der Waals surface area (Å²) >= 11 is 5.15. The van der Waals surface area contributed by atoms with Crippen molar-refractivity contribution in [2.45, 2.75) is 20.3 Å². The van der Waals surface area contributed by atoms with E-state index in [1.807, 2.05) is 7.05 Å². The van der Waals surface area contributed by atoms with Crippen molar-refractivity contribution in [3.05, 3.63) is 20.8 Å². The van der Waals surface area contributed by atoms with Gasteiger partial charge in [0.05, 0.1) is 9.48 Å². The van der Waals surface area contributed by atoms with Crippen LogP contribution >= 0.6 is 27.3 Å². The molecule has 0 saturated heterocycles. The number of aromatic nitrogens is 2. The van der Waals surface area contributed by atoms with Gasteiger partial charge in [0.25, 0.3) is 0 Å². The Labute approximate surface area is 114 Å². The molecule has 2 aromatic heterocycles. The Kier molecular flexibility index (Phi) is 3.58. The Balaban J connectivity index is 2.49. The molecule has 0 saturated carbocycles. The van der Waals surface area contributed by atoms with Crippen molar-refractivity contribution in [3.63, 3.8) is 0 Å². The number of aryl methyl sites for hydroxylation is 1. The van der Waals surface area contributed by atoms with Crippen molar-refractivity contribution < 1.29 is 0 Å². The summed E-state index contributed by atoms with van der Waals surface area (Å²) in [5, 5.41) is 6.63. The maximum atomic E-state index is 6.09. The highest BCUT2D eigenvalue weighted by atomic mass is 79.9. The minimum Gasteiger partial charge on any atom is -0.384 e. The van der Waals surface area contributed by atoms with E-state index in [2.05, 4.69) is 46.3 Å². The summed E-state index contributed by atoms with van der Waals surface area (Å²) in [5.41, 5.74) is 9.41. The zero-order valence-electron chi connectivity index (χ0n) is 10.2. The molecule has 0 fully saturated rings. The van der Waals surface area contributed by atoms with Crippen LogP contribution in [0.5, 0.6) is 0 Å². The van der Waals surface area contributed by atoms with Crippen LogP contribution in [0.25, 0.3) is 11.3 Å². The second-order valence-electron chi connectivity index (χ2n) is 4.57. The minimum atomic E-state index is 0.572. The SMILES string of the molecule is CC(C)Cc1c(-c2csc(Br)c2)nn(C)c1N. The summed E-state index contributed by atoms with van der Waals surface area (Å²) in [7, 11) is 1.89.